The topological polar surface area (TPSA) is 50.5 Å². The zero-order valence-electron chi connectivity index (χ0n) is 10.2. The molecule has 15 heavy (non-hydrogen) atoms. The summed E-state index contributed by atoms with van der Waals surface area (Å²) in [7, 11) is 0. The van der Waals surface area contributed by atoms with Gasteiger partial charge in [-0.1, -0.05) is 26.3 Å². The van der Waals surface area contributed by atoms with Crippen molar-refractivity contribution in [1.82, 2.24) is 16.3 Å². The lowest BCUT2D eigenvalue weighted by Gasteiger charge is -2.34. The first-order valence-electron chi connectivity index (χ1n) is 5.18. The lowest BCUT2D eigenvalue weighted by Crippen LogP contribution is -2.46. The molecule has 0 aliphatic carbocycles. The van der Waals surface area contributed by atoms with Crippen LogP contribution in [0.15, 0.2) is 11.2 Å². The third kappa shape index (κ3) is 4.72. The molecular formula is C11H20N4. The van der Waals surface area contributed by atoms with E-state index < -0.39 is 0 Å². The normalized spacial score (nSPS) is 16.5. The molecule has 0 saturated heterocycles. The number of amidine groups is 1. The first-order chi connectivity index (χ1) is 6.79. The second kappa shape index (κ2) is 4.13. The van der Waals surface area contributed by atoms with Crippen LogP contribution in [0.4, 0.5) is 0 Å². The van der Waals surface area contributed by atoms with Crippen molar-refractivity contribution in [3.63, 3.8) is 0 Å². The molecule has 0 spiro atoms. The van der Waals surface area contributed by atoms with E-state index in [-0.39, 0.29) is 11.0 Å². The fourth-order valence-electron chi connectivity index (χ4n) is 2.02. The predicted octanol–water partition coefficient (Wildman–Crippen LogP) is 1.54. The maximum absolute atomic E-state index is 3.95. The van der Waals surface area contributed by atoms with Crippen molar-refractivity contribution in [2.45, 2.75) is 46.6 Å². The smallest absolute Gasteiger partial charge is 0.152 e. The van der Waals surface area contributed by atoms with Crippen LogP contribution < -0.4 is 16.3 Å². The number of hydrogen-bond donors (Lipinski definition) is 2. The lowest BCUT2D eigenvalue weighted by molar-refractivity contribution is 0.266. The molecule has 0 bridgehead atoms. The Morgan fingerprint density at radius 1 is 1.33 bits per heavy atom. The van der Waals surface area contributed by atoms with Crippen molar-refractivity contribution < 1.29 is 0 Å². The van der Waals surface area contributed by atoms with Gasteiger partial charge < -0.3 is 5.32 Å². The fourth-order valence-corrected chi connectivity index (χ4v) is 2.02. The summed E-state index contributed by atoms with van der Waals surface area (Å²) in [5, 5.41) is 7.30. The van der Waals surface area contributed by atoms with Crippen molar-refractivity contribution in [2.24, 2.45) is 10.5 Å². The molecule has 0 unspecified atom stereocenters. The van der Waals surface area contributed by atoms with Crippen molar-refractivity contribution in [1.29, 1.82) is 0 Å². The lowest BCUT2D eigenvalue weighted by atomic mass is 9.82. The van der Waals surface area contributed by atoms with E-state index in [1.807, 2.05) is 0 Å². The molecule has 0 aromatic rings. The van der Waals surface area contributed by atoms with Crippen molar-refractivity contribution >= 4 is 5.84 Å². The Balaban J connectivity index is 2.55. The van der Waals surface area contributed by atoms with Gasteiger partial charge in [0.1, 0.15) is 0 Å². The SMILES string of the molecule is CC(C)(C)CC(C)(C)NC1=N[N]N[C]=C1. The Hall–Kier alpha value is -1.19. The van der Waals surface area contributed by atoms with Gasteiger partial charge in [-0.3, -0.25) is 5.43 Å². The summed E-state index contributed by atoms with van der Waals surface area (Å²) in [5.74, 6) is 0.753. The Labute approximate surface area is 92.2 Å². The Bertz CT molecular complexity index is 271. The summed E-state index contributed by atoms with van der Waals surface area (Å²) in [6.07, 6.45) is 5.60. The second-order valence-corrected chi connectivity index (χ2v) is 5.73. The number of nitrogens with one attached hydrogen (secondary N) is 2. The standard InChI is InChI=1S/C11H20N4/c1-10(2,3)8-11(4,5)13-9-6-7-12-15-14-9/h6,12H,8H2,1-5H3,(H,13,14). The highest BCUT2D eigenvalue weighted by Crippen LogP contribution is 2.26. The van der Waals surface area contributed by atoms with E-state index in [1.54, 1.807) is 6.08 Å². The van der Waals surface area contributed by atoms with Crippen molar-refractivity contribution in [3.8, 4) is 0 Å². The van der Waals surface area contributed by atoms with Crippen LogP contribution in [-0.2, 0) is 0 Å². The van der Waals surface area contributed by atoms with Crippen LogP contribution >= 0.6 is 0 Å². The van der Waals surface area contributed by atoms with Crippen LogP contribution in [-0.4, -0.2) is 11.4 Å². The molecule has 4 nitrogen and oxygen atoms in total. The number of hydrogen-bond acceptors (Lipinski definition) is 3. The number of nitrogens with zero attached hydrogens (tertiary/aromatic N) is 2. The molecule has 0 aromatic carbocycles. The quantitative estimate of drug-likeness (QED) is 0.723. The summed E-state index contributed by atoms with van der Waals surface area (Å²) in [4.78, 5) is 0. The van der Waals surface area contributed by atoms with E-state index in [1.165, 1.54) is 0 Å². The minimum absolute atomic E-state index is 0.00211. The molecule has 84 valence electrons. The maximum Gasteiger partial charge on any atom is 0.152 e. The van der Waals surface area contributed by atoms with Gasteiger partial charge in [0.2, 0.25) is 0 Å². The molecule has 2 N–H and O–H groups in total. The summed E-state index contributed by atoms with van der Waals surface area (Å²) >= 11 is 0. The molecule has 2 radical (unpaired) electrons. The Morgan fingerprint density at radius 3 is 2.47 bits per heavy atom. The zero-order valence-corrected chi connectivity index (χ0v) is 10.2. The van der Waals surface area contributed by atoms with Crippen LogP contribution in [0.1, 0.15) is 41.0 Å². The largest absolute Gasteiger partial charge is 0.364 e. The number of rotatable bonds is 2. The monoisotopic (exact) mass is 208 g/mol. The van der Waals surface area contributed by atoms with Gasteiger partial charge in [0, 0.05) is 11.6 Å². The minimum atomic E-state index is 0.00211. The van der Waals surface area contributed by atoms with Gasteiger partial charge in [-0.25, -0.2) is 0 Å². The van der Waals surface area contributed by atoms with Gasteiger partial charge in [0.05, 0.1) is 6.20 Å². The molecular weight excluding hydrogens is 188 g/mol. The average Bonchev–Trinajstić information content (AvgIpc) is 1.99. The van der Waals surface area contributed by atoms with Crippen LogP contribution in [0.25, 0.3) is 0 Å². The third-order valence-electron chi connectivity index (χ3n) is 1.92. The van der Waals surface area contributed by atoms with Crippen LogP contribution in [0.2, 0.25) is 0 Å². The molecule has 0 fully saturated rings. The molecule has 1 aliphatic rings. The molecule has 4 heteroatoms. The first-order valence-corrected chi connectivity index (χ1v) is 5.18. The molecule has 0 atom stereocenters. The molecule has 1 aliphatic heterocycles. The van der Waals surface area contributed by atoms with Crippen molar-refractivity contribution in [2.75, 3.05) is 0 Å². The minimum Gasteiger partial charge on any atom is -0.364 e. The second-order valence-electron chi connectivity index (χ2n) is 5.73. The van der Waals surface area contributed by atoms with E-state index >= 15 is 0 Å². The Morgan fingerprint density at radius 2 is 2.00 bits per heavy atom. The van der Waals surface area contributed by atoms with Gasteiger partial charge in [0.15, 0.2) is 5.84 Å². The predicted molar refractivity (Wildman–Crippen MR) is 61.8 cm³/mol. The van der Waals surface area contributed by atoms with Gasteiger partial charge in [-0.2, -0.15) is 0 Å². The van der Waals surface area contributed by atoms with Gasteiger partial charge in [-0.15, -0.1) is 5.10 Å². The molecule has 1 rings (SSSR count). The first kappa shape index (κ1) is 11.9. The zero-order chi connectivity index (χ0) is 11.5. The molecule has 1 heterocycles. The van der Waals surface area contributed by atoms with Gasteiger partial charge in [-0.05, 0) is 25.7 Å². The average molecular weight is 208 g/mol. The maximum atomic E-state index is 3.95. The van der Waals surface area contributed by atoms with Gasteiger partial charge >= 0.3 is 0 Å². The van der Waals surface area contributed by atoms with Crippen LogP contribution in [0, 0.1) is 11.6 Å². The van der Waals surface area contributed by atoms with E-state index in [2.05, 4.69) is 62.2 Å². The highest BCUT2D eigenvalue weighted by atomic mass is 15.6. The van der Waals surface area contributed by atoms with E-state index in [9.17, 15) is 0 Å². The summed E-state index contributed by atoms with van der Waals surface area (Å²) < 4.78 is 0. The van der Waals surface area contributed by atoms with E-state index in [4.69, 9.17) is 0 Å². The summed E-state index contributed by atoms with van der Waals surface area (Å²) in [6, 6.07) is 0. The molecule has 0 amide bonds. The molecule has 0 saturated carbocycles. The van der Waals surface area contributed by atoms with Gasteiger partial charge in [0.25, 0.3) is 0 Å². The third-order valence-corrected chi connectivity index (χ3v) is 1.92. The van der Waals surface area contributed by atoms with E-state index in [0.717, 1.165) is 12.3 Å². The highest BCUT2D eigenvalue weighted by molar-refractivity contribution is 5.93. The Kier molecular flexibility index (Phi) is 3.27. The van der Waals surface area contributed by atoms with Crippen molar-refractivity contribution in [3.05, 3.63) is 12.3 Å². The summed E-state index contributed by atoms with van der Waals surface area (Å²) in [6.45, 7) is 11.0. The van der Waals surface area contributed by atoms with Crippen LogP contribution in [0.3, 0.4) is 0 Å². The van der Waals surface area contributed by atoms with Crippen LogP contribution in [0.5, 0.6) is 0 Å². The fraction of sp³-hybridized carbons (Fsp3) is 0.727. The summed E-state index contributed by atoms with van der Waals surface area (Å²) in [5.41, 5.74) is 6.50. The highest BCUT2D eigenvalue weighted by Gasteiger charge is 2.26. The molecule has 0 aromatic heterocycles. The van der Waals surface area contributed by atoms with E-state index in [0.29, 0.717) is 0 Å².